The second-order valence-electron chi connectivity index (χ2n) is 8.52. The Balaban J connectivity index is 1.64. The highest BCUT2D eigenvalue weighted by Gasteiger charge is 2.19. The van der Waals surface area contributed by atoms with E-state index in [4.69, 9.17) is 4.42 Å². The van der Waals surface area contributed by atoms with Crippen LogP contribution in [0.4, 0.5) is 0 Å². The molecule has 0 aliphatic rings. The van der Waals surface area contributed by atoms with Gasteiger partial charge in [-0.05, 0) is 55.6 Å². The average Bonchev–Trinajstić information content (AvgIpc) is 3.32. The van der Waals surface area contributed by atoms with E-state index in [-0.39, 0.29) is 0 Å². The van der Waals surface area contributed by atoms with E-state index >= 15 is 0 Å². The summed E-state index contributed by atoms with van der Waals surface area (Å²) in [5.41, 5.74) is 4.57. The van der Waals surface area contributed by atoms with Crippen LogP contribution in [0.1, 0.15) is 0 Å². The van der Waals surface area contributed by atoms with Crippen molar-refractivity contribution in [3.63, 3.8) is 0 Å². The summed E-state index contributed by atoms with van der Waals surface area (Å²) in [5.74, 6) is 0.911. The SMILES string of the molecule is c1ccc(-c2c3ccccc3c(-c3cc4c(ccc5ccccc54)o3)c3ccccc23)cc1. The van der Waals surface area contributed by atoms with Crippen molar-refractivity contribution in [3.05, 3.63) is 121 Å². The Morgan fingerprint density at radius 3 is 1.61 bits per heavy atom. The highest BCUT2D eigenvalue weighted by molar-refractivity contribution is 6.21. The maximum atomic E-state index is 6.52. The van der Waals surface area contributed by atoms with Gasteiger partial charge in [-0.1, -0.05) is 109 Å². The molecule has 0 saturated heterocycles. The van der Waals surface area contributed by atoms with Crippen LogP contribution in [0.2, 0.25) is 0 Å². The summed E-state index contributed by atoms with van der Waals surface area (Å²) in [6.07, 6.45) is 0. The van der Waals surface area contributed by atoms with E-state index < -0.39 is 0 Å². The molecule has 0 aliphatic heterocycles. The standard InChI is InChI=1S/C32H20O/c1-2-11-22(12-3-1)31-24-14-6-8-16-26(24)32(27-17-9-7-15-25(27)31)30-20-28-23-13-5-4-10-21(23)18-19-29(28)33-30/h1-20H. The van der Waals surface area contributed by atoms with Crippen molar-refractivity contribution in [1.29, 1.82) is 0 Å². The first-order chi connectivity index (χ1) is 16.4. The lowest BCUT2D eigenvalue weighted by atomic mass is 9.87. The minimum atomic E-state index is 0.911. The molecule has 0 amide bonds. The number of furan rings is 1. The molecule has 0 atom stereocenters. The summed E-state index contributed by atoms with van der Waals surface area (Å²) < 4.78 is 6.52. The molecule has 7 rings (SSSR count). The van der Waals surface area contributed by atoms with Crippen LogP contribution in [0.25, 0.3) is 65.7 Å². The zero-order valence-electron chi connectivity index (χ0n) is 18.0. The predicted molar refractivity (Wildman–Crippen MR) is 140 cm³/mol. The third kappa shape index (κ3) is 2.73. The topological polar surface area (TPSA) is 13.1 Å². The van der Waals surface area contributed by atoms with Crippen molar-refractivity contribution in [2.75, 3.05) is 0 Å². The van der Waals surface area contributed by atoms with Crippen molar-refractivity contribution in [2.45, 2.75) is 0 Å². The largest absolute Gasteiger partial charge is 0.456 e. The average molecular weight is 421 g/mol. The van der Waals surface area contributed by atoms with Gasteiger partial charge in [0.2, 0.25) is 0 Å². The zero-order valence-corrected chi connectivity index (χ0v) is 18.0. The molecule has 0 bridgehead atoms. The molecule has 1 heteroatoms. The number of rotatable bonds is 2. The van der Waals surface area contributed by atoms with Gasteiger partial charge in [-0.25, -0.2) is 0 Å². The van der Waals surface area contributed by atoms with Gasteiger partial charge < -0.3 is 4.42 Å². The molecule has 0 fully saturated rings. The summed E-state index contributed by atoms with van der Waals surface area (Å²) in [5, 5.41) is 8.50. The molecule has 0 unspecified atom stereocenters. The van der Waals surface area contributed by atoms with Gasteiger partial charge in [-0.3, -0.25) is 0 Å². The Labute approximate surface area is 191 Å². The molecule has 7 aromatic rings. The molecule has 154 valence electrons. The molecule has 1 heterocycles. The van der Waals surface area contributed by atoms with Gasteiger partial charge in [-0.15, -0.1) is 0 Å². The van der Waals surface area contributed by atoms with Crippen molar-refractivity contribution in [1.82, 2.24) is 0 Å². The van der Waals surface area contributed by atoms with E-state index in [1.165, 1.54) is 43.4 Å². The highest BCUT2D eigenvalue weighted by Crippen LogP contribution is 2.45. The number of hydrogen-bond donors (Lipinski definition) is 0. The van der Waals surface area contributed by atoms with Crippen molar-refractivity contribution in [2.24, 2.45) is 0 Å². The molecular formula is C32H20O. The van der Waals surface area contributed by atoms with Crippen LogP contribution in [-0.4, -0.2) is 0 Å². The fourth-order valence-corrected chi connectivity index (χ4v) is 5.23. The summed E-state index contributed by atoms with van der Waals surface area (Å²) in [6.45, 7) is 0. The van der Waals surface area contributed by atoms with Crippen LogP contribution in [0.15, 0.2) is 126 Å². The molecule has 1 aromatic heterocycles. The lowest BCUT2D eigenvalue weighted by Gasteiger charge is -2.16. The van der Waals surface area contributed by atoms with Crippen LogP contribution in [0, 0.1) is 0 Å². The fraction of sp³-hybridized carbons (Fsp3) is 0. The fourth-order valence-electron chi connectivity index (χ4n) is 5.23. The monoisotopic (exact) mass is 420 g/mol. The summed E-state index contributed by atoms with van der Waals surface area (Å²) in [7, 11) is 0. The van der Waals surface area contributed by atoms with Crippen LogP contribution >= 0.6 is 0 Å². The maximum Gasteiger partial charge on any atom is 0.136 e. The second-order valence-corrected chi connectivity index (χ2v) is 8.52. The Bertz CT molecular complexity index is 1750. The van der Waals surface area contributed by atoms with Gasteiger partial charge in [0.25, 0.3) is 0 Å². The molecule has 0 saturated carbocycles. The summed E-state index contributed by atoms with van der Waals surface area (Å²) in [4.78, 5) is 0. The lowest BCUT2D eigenvalue weighted by Crippen LogP contribution is -1.89. The minimum absolute atomic E-state index is 0.911. The minimum Gasteiger partial charge on any atom is -0.456 e. The van der Waals surface area contributed by atoms with Crippen molar-refractivity contribution in [3.8, 4) is 22.5 Å². The second kappa shape index (κ2) is 7.08. The highest BCUT2D eigenvalue weighted by atomic mass is 16.3. The zero-order chi connectivity index (χ0) is 21.8. The van der Waals surface area contributed by atoms with Crippen molar-refractivity contribution < 1.29 is 4.42 Å². The van der Waals surface area contributed by atoms with Crippen LogP contribution in [0.5, 0.6) is 0 Å². The summed E-state index contributed by atoms with van der Waals surface area (Å²) in [6, 6.07) is 43.0. The predicted octanol–water partition coefficient (Wildman–Crippen LogP) is 9.23. The van der Waals surface area contributed by atoms with Gasteiger partial charge >= 0.3 is 0 Å². The van der Waals surface area contributed by atoms with E-state index in [2.05, 4.69) is 121 Å². The third-order valence-electron chi connectivity index (χ3n) is 6.67. The van der Waals surface area contributed by atoms with E-state index in [1.807, 2.05) is 0 Å². The third-order valence-corrected chi connectivity index (χ3v) is 6.67. The molecule has 0 spiro atoms. The first-order valence-corrected chi connectivity index (χ1v) is 11.3. The molecule has 1 nitrogen and oxygen atoms in total. The Kier molecular flexibility index (Phi) is 3.91. The molecule has 0 N–H and O–H groups in total. The van der Waals surface area contributed by atoms with Gasteiger partial charge in [0.1, 0.15) is 11.3 Å². The number of fused-ring (bicyclic) bond motifs is 5. The Morgan fingerprint density at radius 2 is 0.939 bits per heavy atom. The van der Waals surface area contributed by atoms with E-state index in [0.717, 1.165) is 22.3 Å². The van der Waals surface area contributed by atoms with Gasteiger partial charge in [0.15, 0.2) is 0 Å². The van der Waals surface area contributed by atoms with Crippen LogP contribution < -0.4 is 0 Å². The molecular weight excluding hydrogens is 400 g/mol. The quantitative estimate of drug-likeness (QED) is 0.254. The summed E-state index contributed by atoms with van der Waals surface area (Å²) >= 11 is 0. The van der Waals surface area contributed by atoms with Crippen LogP contribution in [-0.2, 0) is 0 Å². The first-order valence-electron chi connectivity index (χ1n) is 11.3. The normalized spacial score (nSPS) is 11.6. The first kappa shape index (κ1) is 18.2. The molecule has 0 aliphatic carbocycles. The smallest absolute Gasteiger partial charge is 0.136 e. The van der Waals surface area contributed by atoms with Crippen molar-refractivity contribution >= 4 is 43.3 Å². The lowest BCUT2D eigenvalue weighted by molar-refractivity contribution is 0.633. The molecule has 33 heavy (non-hydrogen) atoms. The van der Waals surface area contributed by atoms with E-state index in [1.54, 1.807) is 0 Å². The number of hydrogen-bond acceptors (Lipinski definition) is 1. The Morgan fingerprint density at radius 1 is 0.394 bits per heavy atom. The van der Waals surface area contributed by atoms with Gasteiger partial charge in [0, 0.05) is 10.9 Å². The van der Waals surface area contributed by atoms with E-state index in [0.29, 0.717) is 0 Å². The maximum absolute atomic E-state index is 6.52. The van der Waals surface area contributed by atoms with Gasteiger partial charge in [0.05, 0.1) is 0 Å². The van der Waals surface area contributed by atoms with E-state index in [9.17, 15) is 0 Å². The van der Waals surface area contributed by atoms with Gasteiger partial charge in [-0.2, -0.15) is 0 Å². The Hall–Kier alpha value is -4.36. The van der Waals surface area contributed by atoms with Crippen LogP contribution in [0.3, 0.4) is 0 Å². The number of benzene rings is 6. The molecule has 6 aromatic carbocycles. The molecule has 0 radical (unpaired) electrons.